The van der Waals surface area contributed by atoms with Gasteiger partial charge in [0.1, 0.15) is 24.3 Å². The predicted octanol–water partition coefficient (Wildman–Crippen LogP) is 3.15. The Morgan fingerprint density at radius 1 is 1.00 bits per heavy atom. The van der Waals surface area contributed by atoms with E-state index in [2.05, 4.69) is 10.4 Å². The van der Waals surface area contributed by atoms with Crippen molar-refractivity contribution in [1.82, 2.24) is 10.3 Å². The van der Waals surface area contributed by atoms with Gasteiger partial charge in [0.25, 0.3) is 0 Å². The third-order valence-corrected chi connectivity index (χ3v) is 5.19. The average Bonchev–Trinajstić information content (AvgIpc) is 3.15. The molecule has 0 unspecified atom stereocenters. The smallest absolute Gasteiger partial charge is 0.241 e. The first kappa shape index (κ1) is 21.5. The van der Waals surface area contributed by atoms with Gasteiger partial charge >= 0.3 is 0 Å². The summed E-state index contributed by atoms with van der Waals surface area (Å²) in [5.74, 6) is 1.43. The number of amidine groups is 1. The molecule has 1 N–H and O–H groups in total. The van der Waals surface area contributed by atoms with Crippen molar-refractivity contribution < 1.29 is 23.8 Å². The highest BCUT2D eigenvalue weighted by molar-refractivity contribution is 8.14. The molecule has 0 saturated heterocycles. The molecule has 0 spiro atoms. The van der Waals surface area contributed by atoms with Crippen LogP contribution >= 0.6 is 11.8 Å². The first-order valence-corrected chi connectivity index (χ1v) is 10.2. The number of benzene rings is 2. The summed E-state index contributed by atoms with van der Waals surface area (Å²) in [6.07, 6.45) is 0. The molecule has 0 radical (unpaired) electrons. The topological polar surface area (TPSA) is 89.5 Å². The molecule has 0 aliphatic carbocycles. The number of rotatable bonds is 7. The molecule has 1 aliphatic rings. The lowest BCUT2D eigenvalue weighted by Crippen LogP contribution is -2.25. The van der Waals surface area contributed by atoms with Crippen LogP contribution in [0.2, 0.25) is 0 Å². The van der Waals surface area contributed by atoms with Gasteiger partial charge in [-0.25, -0.2) is 5.01 Å². The maximum absolute atomic E-state index is 12.1. The molecule has 1 aliphatic heterocycles. The predicted molar refractivity (Wildman–Crippen MR) is 115 cm³/mol. The Labute approximate surface area is 179 Å². The molecule has 30 heavy (non-hydrogen) atoms. The molecular weight excluding hydrogens is 406 g/mol. The van der Waals surface area contributed by atoms with E-state index in [4.69, 9.17) is 14.2 Å². The van der Waals surface area contributed by atoms with Crippen LogP contribution in [-0.4, -0.2) is 42.3 Å². The summed E-state index contributed by atoms with van der Waals surface area (Å²) in [7, 11) is 1.59. The van der Waals surface area contributed by atoms with Crippen molar-refractivity contribution in [3.05, 3.63) is 54.1 Å². The van der Waals surface area contributed by atoms with Crippen molar-refractivity contribution in [3.63, 3.8) is 0 Å². The van der Waals surface area contributed by atoms with Gasteiger partial charge < -0.3 is 19.5 Å². The number of methoxy groups -OCH3 is 1. The number of amides is 2. The number of hydrogen-bond donors (Lipinski definition) is 1. The van der Waals surface area contributed by atoms with Gasteiger partial charge in [-0.2, -0.15) is 0 Å². The fraction of sp³-hybridized carbons (Fsp3) is 0.286. The van der Waals surface area contributed by atoms with E-state index in [-0.39, 0.29) is 11.8 Å². The van der Waals surface area contributed by atoms with Gasteiger partial charge in [0, 0.05) is 19.4 Å². The summed E-state index contributed by atoms with van der Waals surface area (Å²) in [5.41, 5.74) is 0.777. The van der Waals surface area contributed by atoms with Crippen molar-refractivity contribution in [2.24, 2.45) is 5.10 Å². The molecule has 8 nitrogen and oxygen atoms in total. The molecule has 1 atom stereocenters. The number of hydrogen-bond acceptors (Lipinski definition) is 7. The SMILES string of the molecule is COc1ccccc1OCCOc1ccccc1[C@@H]1SC(NC(C)=O)=NN1C(C)=O. The van der Waals surface area contributed by atoms with Crippen molar-refractivity contribution in [2.75, 3.05) is 20.3 Å². The Bertz CT molecular complexity index is 950. The van der Waals surface area contributed by atoms with E-state index in [1.807, 2.05) is 48.5 Å². The Kier molecular flexibility index (Phi) is 7.18. The first-order chi connectivity index (χ1) is 14.5. The van der Waals surface area contributed by atoms with Crippen molar-refractivity contribution in [3.8, 4) is 17.2 Å². The number of hydrazone groups is 1. The van der Waals surface area contributed by atoms with E-state index in [1.165, 1.54) is 30.6 Å². The fourth-order valence-corrected chi connectivity index (χ4v) is 3.99. The second-order valence-corrected chi connectivity index (χ2v) is 7.37. The van der Waals surface area contributed by atoms with Crippen LogP contribution in [0.25, 0.3) is 0 Å². The second kappa shape index (κ2) is 10.0. The van der Waals surface area contributed by atoms with Crippen molar-refractivity contribution in [1.29, 1.82) is 0 Å². The van der Waals surface area contributed by atoms with E-state index in [1.54, 1.807) is 7.11 Å². The molecule has 2 aromatic carbocycles. The number of nitrogens with one attached hydrogen (secondary N) is 1. The molecule has 0 saturated carbocycles. The monoisotopic (exact) mass is 429 g/mol. The Morgan fingerprint density at radius 3 is 2.23 bits per heavy atom. The van der Waals surface area contributed by atoms with Crippen LogP contribution in [0.5, 0.6) is 17.2 Å². The van der Waals surface area contributed by atoms with Crippen molar-refractivity contribution >= 4 is 28.7 Å². The number of thioether (sulfide) groups is 1. The third-order valence-electron chi connectivity index (χ3n) is 4.10. The number of ether oxygens (including phenoxy) is 3. The number of para-hydroxylation sites is 3. The lowest BCUT2D eigenvalue weighted by atomic mass is 10.2. The number of carbonyl (C=O) groups is 2. The summed E-state index contributed by atoms with van der Waals surface area (Å²) < 4.78 is 16.9. The molecule has 9 heteroatoms. The third kappa shape index (κ3) is 5.24. The molecule has 158 valence electrons. The van der Waals surface area contributed by atoms with Gasteiger partial charge in [-0.1, -0.05) is 42.1 Å². The largest absolute Gasteiger partial charge is 0.493 e. The van der Waals surface area contributed by atoms with E-state index < -0.39 is 5.37 Å². The summed E-state index contributed by atoms with van der Waals surface area (Å²) in [6.45, 7) is 3.44. The van der Waals surface area contributed by atoms with E-state index in [0.717, 1.165) is 5.56 Å². The Hall–Kier alpha value is -3.20. The van der Waals surface area contributed by atoms with E-state index in [0.29, 0.717) is 35.6 Å². The molecule has 1 heterocycles. The zero-order valence-corrected chi connectivity index (χ0v) is 17.8. The summed E-state index contributed by atoms with van der Waals surface area (Å²) in [4.78, 5) is 23.4. The lowest BCUT2D eigenvalue weighted by Gasteiger charge is -2.22. The normalized spacial score (nSPS) is 15.4. The van der Waals surface area contributed by atoms with Crippen LogP contribution < -0.4 is 19.5 Å². The molecule has 0 aromatic heterocycles. The molecule has 0 fully saturated rings. The highest BCUT2D eigenvalue weighted by atomic mass is 32.2. The highest BCUT2D eigenvalue weighted by Gasteiger charge is 2.34. The molecular formula is C21H23N3O5S. The van der Waals surface area contributed by atoms with Gasteiger partial charge in [0.05, 0.1) is 7.11 Å². The van der Waals surface area contributed by atoms with Crippen LogP contribution in [0, 0.1) is 0 Å². The number of carbonyl (C=O) groups excluding carboxylic acids is 2. The Morgan fingerprint density at radius 2 is 1.60 bits per heavy atom. The van der Waals surface area contributed by atoms with Gasteiger partial charge in [-0.15, -0.1) is 5.10 Å². The van der Waals surface area contributed by atoms with Crippen LogP contribution in [0.4, 0.5) is 0 Å². The zero-order valence-electron chi connectivity index (χ0n) is 17.0. The standard InChI is InChI=1S/C21H23N3O5S/c1-14(25)22-21-23-24(15(2)26)20(30-21)16-8-4-5-9-17(16)28-12-13-29-19-11-7-6-10-18(19)27-3/h4-11,20H,12-13H2,1-3H3,(H,22,23,25)/t20-/m0/s1. The molecule has 3 rings (SSSR count). The average molecular weight is 429 g/mol. The quantitative estimate of drug-likeness (QED) is 0.680. The Balaban J connectivity index is 1.67. The first-order valence-electron chi connectivity index (χ1n) is 9.29. The number of nitrogens with zero attached hydrogens (tertiary/aromatic N) is 2. The van der Waals surface area contributed by atoms with Crippen LogP contribution in [0.15, 0.2) is 53.6 Å². The fourth-order valence-electron chi connectivity index (χ4n) is 2.82. The van der Waals surface area contributed by atoms with Gasteiger partial charge in [0.15, 0.2) is 16.7 Å². The minimum Gasteiger partial charge on any atom is -0.493 e. The van der Waals surface area contributed by atoms with Gasteiger partial charge in [0.2, 0.25) is 11.8 Å². The summed E-state index contributed by atoms with van der Waals surface area (Å²) in [5, 5.41) is 8.13. The van der Waals surface area contributed by atoms with Crippen molar-refractivity contribution in [2.45, 2.75) is 19.2 Å². The van der Waals surface area contributed by atoms with E-state index in [9.17, 15) is 9.59 Å². The lowest BCUT2D eigenvalue weighted by molar-refractivity contribution is -0.129. The maximum Gasteiger partial charge on any atom is 0.241 e. The summed E-state index contributed by atoms with van der Waals surface area (Å²) >= 11 is 1.28. The minimum absolute atomic E-state index is 0.234. The van der Waals surface area contributed by atoms with E-state index >= 15 is 0 Å². The second-order valence-electron chi connectivity index (χ2n) is 6.31. The molecule has 0 bridgehead atoms. The highest BCUT2D eigenvalue weighted by Crippen LogP contribution is 2.42. The van der Waals surface area contributed by atoms with Gasteiger partial charge in [-0.05, 0) is 18.2 Å². The maximum atomic E-state index is 12.1. The van der Waals surface area contributed by atoms with Crippen LogP contribution in [0.1, 0.15) is 24.8 Å². The zero-order chi connectivity index (χ0) is 21.5. The minimum atomic E-state index is -0.435. The summed E-state index contributed by atoms with van der Waals surface area (Å²) in [6, 6.07) is 14.8. The van der Waals surface area contributed by atoms with Gasteiger partial charge in [-0.3, -0.25) is 9.59 Å². The van der Waals surface area contributed by atoms with Crippen LogP contribution in [-0.2, 0) is 9.59 Å². The molecule has 2 aromatic rings. The van der Waals surface area contributed by atoms with Crippen LogP contribution in [0.3, 0.4) is 0 Å². The molecule has 2 amide bonds.